The predicted molar refractivity (Wildman–Crippen MR) is 93.7 cm³/mol. The summed E-state index contributed by atoms with van der Waals surface area (Å²) in [6.07, 6.45) is 5.43. The Balaban J connectivity index is 1.34. The lowest BCUT2D eigenvalue weighted by molar-refractivity contribution is -0.133. The van der Waals surface area contributed by atoms with Gasteiger partial charge in [0.15, 0.2) is 0 Å². The van der Waals surface area contributed by atoms with Gasteiger partial charge in [0.25, 0.3) is 0 Å². The lowest BCUT2D eigenvalue weighted by Gasteiger charge is -2.32. The highest BCUT2D eigenvalue weighted by atomic mass is 16.2. The summed E-state index contributed by atoms with van der Waals surface area (Å²) in [5.74, 6) is 0.708. The van der Waals surface area contributed by atoms with E-state index in [1.807, 2.05) is 39.9 Å². The minimum atomic E-state index is 0.203. The van der Waals surface area contributed by atoms with Crippen LogP contribution in [0, 0.1) is 5.92 Å². The van der Waals surface area contributed by atoms with Gasteiger partial charge in [-0.3, -0.25) is 9.89 Å². The van der Waals surface area contributed by atoms with Gasteiger partial charge in [0.05, 0.1) is 12.1 Å². The molecule has 1 N–H and O–H groups in total. The van der Waals surface area contributed by atoms with Gasteiger partial charge in [0.1, 0.15) is 5.52 Å². The molecule has 1 amide bonds. The van der Waals surface area contributed by atoms with Gasteiger partial charge in [-0.15, -0.1) is 5.10 Å². The van der Waals surface area contributed by atoms with Crippen molar-refractivity contribution in [1.82, 2.24) is 30.1 Å². The zero-order valence-corrected chi connectivity index (χ0v) is 14.1. The summed E-state index contributed by atoms with van der Waals surface area (Å²) in [6.45, 7) is 2.26. The maximum atomic E-state index is 12.6. The Morgan fingerprint density at radius 2 is 2.20 bits per heavy atom. The van der Waals surface area contributed by atoms with Crippen LogP contribution in [0.15, 0.2) is 36.5 Å². The highest BCUT2D eigenvalue weighted by Crippen LogP contribution is 2.21. The summed E-state index contributed by atoms with van der Waals surface area (Å²) in [4.78, 5) is 14.6. The third-order valence-corrected chi connectivity index (χ3v) is 4.90. The number of carbonyl (C=O) groups excluding carboxylic acids is 1. The van der Waals surface area contributed by atoms with Crippen LogP contribution in [0.5, 0.6) is 0 Å². The molecular weight excluding hydrogens is 316 g/mol. The molecule has 0 saturated carbocycles. The van der Waals surface area contributed by atoms with E-state index in [-0.39, 0.29) is 5.91 Å². The summed E-state index contributed by atoms with van der Waals surface area (Å²) in [5.41, 5.74) is 2.99. The van der Waals surface area contributed by atoms with Gasteiger partial charge in [0, 0.05) is 31.4 Å². The zero-order chi connectivity index (χ0) is 17.1. The molecule has 1 aliphatic heterocycles. The van der Waals surface area contributed by atoms with E-state index in [4.69, 9.17) is 0 Å². The fourth-order valence-electron chi connectivity index (χ4n) is 3.61. The van der Waals surface area contributed by atoms with Crippen LogP contribution in [-0.4, -0.2) is 49.1 Å². The summed E-state index contributed by atoms with van der Waals surface area (Å²) in [5, 5.41) is 15.3. The summed E-state index contributed by atoms with van der Waals surface area (Å²) >= 11 is 0. The van der Waals surface area contributed by atoms with E-state index in [1.54, 1.807) is 6.20 Å². The fourth-order valence-corrected chi connectivity index (χ4v) is 3.61. The van der Waals surface area contributed by atoms with Crippen molar-refractivity contribution < 1.29 is 4.79 Å². The lowest BCUT2D eigenvalue weighted by atomic mass is 9.93. The Labute approximate surface area is 146 Å². The number of para-hydroxylation sites is 1. The Hall–Kier alpha value is -2.70. The van der Waals surface area contributed by atoms with E-state index in [2.05, 4.69) is 20.5 Å². The number of hydrogen-bond donors (Lipinski definition) is 1. The van der Waals surface area contributed by atoms with Crippen LogP contribution < -0.4 is 0 Å². The average molecular weight is 338 g/mol. The third kappa shape index (κ3) is 3.55. The molecule has 0 radical (unpaired) electrons. The number of piperidine rings is 1. The van der Waals surface area contributed by atoms with Crippen molar-refractivity contribution in [3.63, 3.8) is 0 Å². The number of benzene rings is 1. The van der Waals surface area contributed by atoms with Crippen molar-refractivity contribution in [2.45, 2.75) is 32.2 Å². The van der Waals surface area contributed by atoms with Crippen LogP contribution in [0.2, 0.25) is 0 Å². The number of rotatable bonds is 5. The average Bonchev–Trinajstić information content (AvgIpc) is 3.30. The second-order valence-corrected chi connectivity index (χ2v) is 6.69. The molecule has 4 rings (SSSR count). The van der Waals surface area contributed by atoms with Gasteiger partial charge < -0.3 is 4.90 Å². The molecule has 0 unspecified atom stereocenters. The second kappa shape index (κ2) is 7.04. The summed E-state index contributed by atoms with van der Waals surface area (Å²) in [7, 11) is 0. The van der Waals surface area contributed by atoms with Gasteiger partial charge in [0.2, 0.25) is 5.91 Å². The number of carbonyl (C=O) groups is 1. The molecule has 1 atom stereocenters. The molecule has 1 aliphatic rings. The van der Waals surface area contributed by atoms with Crippen molar-refractivity contribution in [2.75, 3.05) is 13.1 Å². The number of aromatic nitrogens is 5. The first-order valence-corrected chi connectivity index (χ1v) is 8.84. The number of likely N-dealkylation sites (tertiary alicyclic amines) is 1. The van der Waals surface area contributed by atoms with Crippen LogP contribution in [0.4, 0.5) is 0 Å². The minimum absolute atomic E-state index is 0.203. The number of nitrogens with one attached hydrogen (secondary N) is 1. The minimum Gasteiger partial charge on any atom is -0.342 e. The Morgan fingerprint density at radius 1 is 1.28 bits per heavy atom. The van der Waals surface area contributed by atoms with Gasteiger partial charge in [-0.25, -0.2) is 4.68 Å². The van der Waals surface area contributed by atoms with E-state index < -0.39 is 0 Å². The number of hydrogen-bond acceptors (Lipinski definition) is 4. The SMILES string of the molecule is O=C(CCn1nnc2ccccc21)N1CCC[C@H](Cc2ccn[nH]2)C1. The maximum absolute atomic E-state index is 12.6. The molecule has 0 aliphatic carbocycles. The number of H-pyrrole nitrogens is 1. The summed E-state index contributed by atoms with van der Waals surface area (Å²) in [6, 6.07) is 9.85. The molecule has 3 aromatic rings. The standard InChI is InChI=1S/C18H22N6O/c25-18(8-11-24-17-6-2-1-5-16(17)21-22-24)23-10-3-4-14(13-23)12-15-7-9-19-20-15/h1-2,5-7,9,14H,3-4,8,10-13H2,(H,19,20)/t14-/m1/s1. The van der Waals surface area contributed by atoms with Crippen molar-refractivity contribution in [1.29, 1.82) is 0 Å². The quantitative estimate of drug-likeness (QED) is 0.772. The molecular formula is C18H22N6O. The monoisotopic (exact) mass is 338 g/mol. The normalized spacial score (nSPS) is 17.9. The molecule has 1 fully saturated rings. The van der Waals surface area contributed by atoms with Crippen LogP contribution in [0.3, 0.4) is 0 Å². The second-order valence-electron chi connectivity index (χ2n) is 6.69. The molecule has 7 nitrogen and oxygen atoms in total. The lowest BCUT2D eigenvalue weighted by Crippen LogP contribution is -2.40. The van der Waals surface area contributed by atoms with Gasteiger partial charge >= 0.3 is 0 Å². The van der Waals surface area contributed by atoms with Gasteiger partial charge in [-0.1, -0.05) is 17.3 Å². The number of amides is 1. The molecule has 130 valence electrons. The van der Waals surface area contributed by atoms with E-state index in [9.17, 15) is 4.79 Å². The predicted octanol–water partition coefficient (Wildman–Crippen LogP) is 2.03. The number of aryl methyl sites for hydroxylation is 1. The van der Waals surface area contributed by atoms with Crippen molar-refractivity contribution >= 4 is 16.9 Å². The van der Waals surface area contributed by atoms with E-state index in [0.29, 0.717) is 18.9 Å². The van der Waals surface area contributed by atoms with Gasteiger partial charge in [-0.2, -0.15) is 5.10 Å². The van der Waals surface area contributed by atoms with Crippen molar-refractivity contribution in [2.24, 2.45) is 5.92 Å². The maximum Gasteiger partial charge on any atom is 0.224 e. The topological polar surface area (TPSA) is 79.7 Å². The van der Waals surface area contributed by atoms with Crippen LogP contribution in [-0.2, 0) is 17.8 Å². The first-order valence-electron chi connectivity index (χ1n) is 8.84. The third-order valence-electron chi connectivity index (χ3n) is 4.90. The Kier molecular flexibility index (Phi) is 4.45. The molecule has 1 aromatic carbocycles. The largest absolute Gasteiger partial charge is 0.342 e. The van der Waals surface area contributed by atoms with E-state index in [0.717, 1.165) is 49.1 Å². The fraction of sp³-hybridized carbons (Fsp3) is 0.444. The highest BCUT2D eigenvalue weighted by molar-refractivity contribution is 5.77. The molecule has 2 aromatic heterocycles. The Bertz CT molecular complexity index is 840. The molecule has 1 saturated heterocycles. The van der Waals surface area contributed by atoms with Crippen LogP contribution in [0.25, 0.3) is 11.0 Å². The Morgan fingerprint density at radius 3 is 3.08 bits per heavy atom. The van der Waals surface area contributed by atoms with E-state index in [1.165, 1.54) is 0 Å². The van der Waals surface area contributed by atoms with Gasteiger partial charge in [-0.05, 0) is 43.4 Å². The molecule has 0 bridgehead atoms. The summed E-state index contributed by atoms with van der Waals surface area (Å²) < 4.78 is 1.82. The van der Waals surface area contributed by atoms with Crippen LogP contribution >= 0.6 is 0 Å². The smallest absolute Gasteiger partial charge is 0.224 e. The number of fused-ring (bicyclic) bond motifs is 1. The van der Waals surface area contributed by atoms with Crippen molar-refractivity contribution in [3.8, 4) is 0 Å². The number of aromatic amines is 1. The zero-order valence-electron chi connectivity index (χ0n) is 14.1. The molecule has 25 heavy (non-hydrogen) atoms. The molecule has 7 heteroatoms. The first-order chi connectivity index (χ1) is 12.3. The molecule has 0 spiro atoms. The van der Waals surface area contributed by atoms with E-state index >= 15 is 0 Å². The number of nitrogens with zero attached hydrogens (tertiary/aromatic N) is 5. The van der Waals surface area contributed by atoms with Crippen LogP contribution in [0.1, 0.15) is 25.0 Å². The highest BCUT2D eigenvalue weighted by Gasteiger charge is 2.24. The van der Waals surface area contributed by atoms with Crippen molar-refractivity contribution in [3.05, 3.63) is 42.2 Å². The first kappa shape index (κ1) is 15.8. The molecule has 3 heterocycles.